The topological polar surface area (TPSA) is 91.5 Å². The number of allylic oxidation sites excluding steroid dienone is 1. The Balaban J connectivity index is 2.80. The maximum absolute atomic E-state index is 11.2. The number of aliphatic imine (C=N–C) groups is 1. The molecular formula is C8H15N5O. The number of nitrogens with one attached hydrogen (secondary N) is 3. The first-order valence-electron chi connectivity index (χ1n) is 4.33. The van der Waals surface area contributed by atoms with Crippen molar-refractivity contribution >= 4 is 12.2 Å². The molecule has 5 N–H and O–H groups in total. The molecule has 0 spiro atoms. The van der Waals surface area contributed by atoms with Gasteiger partial charge in [-0.15, -0.1) is 0 Å². The molecule has 14 heavy (non-hydrogen) atoms. The summed E-state index contributed by atoms with van der Waals surface area (Å²) in [6.07, 6.45) is 3.26. The second kappa shape index (κ2) is 4.10. The van der Waals surface area contributed by atoms with Gasteiger partial charge in [0.05, 0.1) is 6.34 Å². The maximum Gasteiger partial charge on any atom is 0.244 e. The van der Waals surface area contributed by atoms with E-state index in [1.165, 1.54) is 6.34 Å². The number of amides is 1. The molecule has 1 aliphatic rings. The van der Waals surface area contributed by atoms with Crippen LogP contribution < -0.4 is 21.7 Å². The van der Waals surface area contributed by atoms with E-state index in [0.717, 1.165) is 0 Å². The number of carbonyl (C=O) groups excluding carboxylic acids is 1. The minimum absolute atomic E-state index is 0.0679. The van der Waals surface area contributed by atoms with Crippen molar-refractivity contribution in [1.82, 2.24) is 16.0 Å². The van der Waals surface area contributed by atoms with Crippen molar-refractivity contribution in [2.75, 3.05) is 6.54 Å². The van der Waals surface area contributed by atoms with Crippen LogP contribution in [0.3, 0.4) is 0 Å². The van der Waals surface area contributed by atoms with Crippen LogP contribution in [0.5, 0.6) is 0 Å². The van der Waals surface area contributed by atoms with Crippen LogP contribution in [0.1, 0.15) is 13.8 Å². The number of hydrogen-bond donors (Lipinski definition) is 4. The van der Waals surface area contributed by atoms with E-state index in [2.05, 4.69) is 20.9 Å². The lowest BCUT2D eigenvalue weighted by atomic mass is 10.3. The molecule has 1 heterocycles. The lowest BCUT2D eigenvalue weighted by Crippen LogP contribution is -2.64. The average molecular weight is 197 g/mol. The standard InChI is InChI=1S/C8H15N5O/c1-3-6-11-5-10-4-7(14)13-8(2,9)12-6/h3,5,12H,4,9H2,1-2H3,(H,10,11)(H,13,14)/b6-3-/t8-/m0/s1. The summed E-state index contributed by atoms with van der Waals surface area (Å²) in [7, 11) is 0. The van der Waals surface area contributed by atoms with Crippen LogP contribution in [0.25, 0.3) is 0 Å². The molecule has 1 atom stereocenters. The molecule has 0 aliphatic carbocycles. The van der Waals surface area contributed by atoms with Crippen LogP contribution in [0.15, 0.2) is 16.9 Å². The molecule has 0 bridgehead atoms. The Morgan fingerprint density at radius 1 is 1.64 bits per heavy atom. The second-order valence-electron chi connectivity index (χ2n) is 3.19. The van der Waals surface area contributed by atoms with Gasteiger partial charge in [0.15, 0.2) is 5.79 Å². The Kier molecular flexibility index (Phi) is 3.08. The van der Waals surface area contributed by atoms with E-state index in [9.17, 15) is 4.79 Å². The molecule has 0 aromatic carbocycles. The van der Waals surface area contributed by atoms with Gasteiger partial charge in [0.2, 0.25) is 5.91 Å². The van der Waals surface area contributed by atoms with Crippen molar-refractivity contribution in [3.05, 3.63) is 11.9 Å². The summed E-state index contributed by atoms with van der Waals surface area (Å²) in [6, 6.07) is 0. The normalized spacial score (nSPS) is 30.8. The van der Waals surface area contributed by atoms with Crippen LogP contribution in [0.2, 0.25) is 0 Å². The fraction of sp³-hybridized carbons (Fsp3) is 0.500. The summed E-state index contributed by atoms with van der Waals surface area (Å²) >= 11 is 0. The molecule has 0 saturated carbocycles. The highest BCUT2D eigenvalue weighted by Crippen LogP contribution is 1.94. The Hall–Kier alpha value is -1.56. The molecule has 0 saturated heterocycles. The van der Waals surface area contributed by atoms with Crippen LogP contribution >= 0.6 is 0 Å². The molecule has 1 aliphatic heterocycles. The van der Waals surface area contributed by atoms with Gasteiger partial charge in [0.25, 0.3) is 0 Å². The van der Waals surface area contributed by atoms with Gasteiger partial charge < -0.3 is 16.0 Å². The van der Waals surface area contributed by atoms with Crippen molar-refractivity contribution in [3.63, 3.8) is 0 Å². The Labute approximate surface area is 82.6 Å². The first-order valence-corrected chi connectivity index (χ1v) is 4.33. The van der Waals surface area contributed by atoms with Gasteiger partial charge in [0, 0.05) is 0 Å². The summed E-state index contributed by atoms with van der Waals surface area (Å²) in [5.41, 5.74) is 5.79. The van der Waals surface area contributed by atoms with Crippen LogP contribution in [0, 0.1) is 0 Å². The van der Waals surface area contributed by atoms with Crippen LogP contribution in [-0.4, -0.2) is 24.6 Å². The van der Waals surface area contributed by atoms with Gasteiger partial charge >= 0.3 is 0 Å². The molecule has 0 aromatic heterocycles. The zero-order valence-corrected chi connectivity index (χ0v) is 8.29. The molecule has 0 unspecified atom stereocenters. The number of carbonyl (C=O) groups is 1. The van der Waals surface area contributed by atoms with Crippen LogP contribution in [0.4, 0.5) is 0 Å². The van der Waals surface area contributed by atoms with E-state index < -0.39 is 5.79 Å². The molecular weight excluding hydrogens is 182 g/mol. The molecule has 6 nitrogen and oxygen atoms in total. The summed E-state index contributed by atoms with van der Waals surface area (Å²) in [5, 5.41) is 8.39. The van der Waals surface area contributed by atoms with Gasteiger partial charge in [-0.1, -0.05) is 0 Å². The zero-order valence-electron chi connectivity index (χ0n) is 8.29. The summed E-state index contributed by atoms with van der Waals surface area (Å²) in [5.74, 6) is -0.501. The minimum atomic E-state index is -0.973. The average Bonchev–Trinajstić information content (AvgIpc) is 2.13. The first-order chi connectivity index (χ1) is 6.53. The third kappa shape index (κ3) is 3.06. The SMILES string of the molecule is C/C=C1/NC=NCC(=O)N[C@@](C)(N)N1. The number of nitrogens with zero attached hydrogens (tertiary/aromatic N) is 1. The molecule has 0 aromatic rings. The second-order valence-corrected chi connectivity index (χ2v) is 3.19. The fourth-order valence-corrected chi connectivity index (χ4v) is 1.08. The highest BCUT2D eigenvalue weighted by Gasteiger charge is 2.21. The lowest BCUT2D eigenvalue weighted by molar-refractivity contribution is -0.121. The van der Waals surface area contributed by atoms with Crippen molar-refractivity contribution in [2.45, 2.75) is 19.6 Å². The van der Waals surface area contributed by atoms with Gasteiger partial charge in [-0.05, 0) is 19.9 Å². The highest BCUT2D eigenvalue weighted by molar-refractivity contribution is 5.80. The minimum Gasteiger partial charge on any atom is -0.337 e. The lowest BCUT2D eigenvalue weighted by Gasteiger charge is -2.28. The Morgan fingerprint density at radius 2 is 2.36 bits per heavy atom. The molecule has 1 amide bonds. The molecule has 78 valence electrons. The third-order valence-corrected chi connectivity index (χ3v) is 1.63. The van der Waals surface area contributed by atoms with E-state index >= 15 is 0 Å². The number of rotatable bonds is 0. The smallest absolute Gasteiger partial charge is 0.244 e. The van der Waals surface area contributed by atoms with Gasteiger partial charge in [0.1, 0.15) is 12.4 Å². The van der Waals surface area contributed by atoms with Gasteiger partial charge in [-0.2, -0.15) is 0 Å². The monoisotopic (exact) mass is 197 g/mol. The first kappa shape index (κ1) is 10.5. The van der Waals surface area contributed by atoms with E-state index in [1.807, 2.05) is 6.92 Å². The Morgan fingerprint density at radius 3 is 3.00 bits per heavy atom. The Bertz CT molecular complexity index is 281. The number of nitrogens with two attached hydrogens (primary N) is 1. The molecule has 6 heteroatoms. The summed E-state index contributed by atoms with van der Waals surface area (Å²) < 4.78 is 0. The van der Waals surface area contributed by atoms with Crippen molar-refractivity contribution in [3.8, 4) is 0 Å². The summed E-state index contributed by atoms with van der Waals surface area (Å²) in [6.45, 7) is 3.58. The largest absolute Gasteiger partial charge is 0.337 e. The maximum atomic E-state index is 11.2. The van der Waals surface area contributed by atoms with E-state index in [1.54, 1.807) is 13.0 Å². The molecule has 0 fully saturated rings. The molecule has 1 rings (SSSR count). The predicted octanol–water partition coefficient (Wildman–Crippen LogP) is -1.18. The quantitative estimate of drug-likeness (QED) is 0.393. The van der Waals surface area contributed by atoms with Crippen LogP contribution in [-0.2, 0) is 4.79 Å². The fourth-order valence-electron chi connectivity index (χ4n) is 1.08. The van der Waals surface area contributed by atoms with Crippen molar-refractivity contribution < 1.29 is 4.79 Å². The van der Waals surface area contributed by atoms with E-state index in [-0.39, 0.29) is 12.5 Å². The highest BCUT2D eigenvalue weighted by atomic mass is 16.2. The third-order valence-electron chi connectivity index (χ3n) is 1.63. The molecule has 0 radical (unpaired) electrons. The summed E-state index contributed by atoms with van der Waals surface area (Å²) in [4.78, 5) is 15.1. The van der Waals surface area contributed by atoms with Gasteiger partial charge in [-0.25, -0.2) is 0 Å². The predicted molar refractivity (Wildman–Crippen MR) is 54.1 cm³/mol. The zero-order chi connectivity index (χ0) is 10.6. The van der Waals surface area contributed by atoms with Crippen molar-refractivity contribution in [1.29, 1.82) is 0 Å². The van der Waals surface area contributed by atoms with Gasteiger partial charge in [-0.3, -0.25) is 15.5 Å². The van der Waals surface area contributed by atoms with E-state index in [0.29, 0.717) is 5.82 Å². The van der Waals surface area contributed by atoms with E-state index in [4.69, 9.17) is 5.73 Å². The number of hydrogen-bond acceptors (Lipinski definition) is 5. The van der Waals surface area contributed by atoms with Crippen molar-refractivity contribution in [2.24, 2.45) is 10.7 Å².